The largest absolute Gasteiger partial charge is 0.457 e. The van der Waals surface area contributed by atoms with Gasteiger partial charge in [-0.25, -0.2) is 9.59 Å². The number of hydrogen-bond acceptors (Lipinski definition) is 8. The molecule has 0 heterocycles. The summed E-state index contributed by atoms with van der Waals surface area (Å²) in [5.41, 5.74) is 7.01. The van der Waals surface area contributed by atoms with Gasteiger partial charge in [0, 0.05) is 65.3 Å². The smallest absolute Gasteiger partial charge is 0.338 e. The lowest BCUT2D eigenvalue weighted by molar-refractivity contribution is 0.0462. The van der Waals surface area contributed by atoms with Crippen LogP contribution in [0.25, 0.3) is 10.8 Å². The van der Waals surface area contributed by atoms with Gasteiger partial charge in [-0.05, 0) is 93.7 Å². The molecule has 0 atom stereocenters. The molecule has 0 spiro atoms. The van der Waals surface area contributed by atoms with E-state index in [1.165, 1.54) is 0 Å². The van der Waals surface area contributed by atoms with Crippen LogP contribution in [-0.4, -0.2) is 35.6 Å². The van der Waals surface area contributed by atoms with E-state index in [9.17, 15) is 28.8 Å². The third kappa shape index (κ3) is 15.4. The average Bonchev–Trinajstić information content (AvgIpc) is 3.48. The van der Waals surface area contributed by atoms with Gasteiger partial charge in [0.25, 0.3) is 23.6 Å². The predicted octanol–water partition coefficient (Wildman–Crippen LogP) is 12.3. The molecule has 0 aliphatic heterocycles. The van der Waals surface area contributed by atoms with Crippen LogP contribution in [0.2, 0.25) is 0 Å². The Morgan fingerprint density at radius 2 is 0.662 bits per heavy atom. The van der Waals surface area contributed by atoms with E-state index in [0.29, 0.717) is 68.4 Å². The van der Waals surface area contributed by atoms with Crippen molar-refractivity contribution in [2.75, 3.05) is 0 Å². The molecule has 4 amide bonds. The average molecular weight is 997 g/mol. The maximum atomic E-state index is 13.4. The van der Waals surface area contributed by atoms with Crippen molar-refractivity contribution in [1.82, 2.24) is 21.3 Å². The summed E-state index contributed by atoms with van der Waals surface area (Å²) in [6.45, 7) is 8.87. The maximum Gasteiger partial charge on any atom is 0.338 e. The Balaban J connectivity index is 0.00000254. The summed E-state index contributed by atoms with van der Waals surface area (Å²) in [5.74, 6) is -2.18. The number of esters is 2. The highest BCUT2D eigenvalue weighted by molar-refractivity contribution is 6.00. The zero-order valence-electron chi connectivity index (χ0n) is 42.0. The first-order valence-electron chi connectivity index (χ1n) is 24.6. The Morgan fingerprint density at radius 3 is 1.03 bits per heavy atom. The molecule has 8 aromatic rings. The normalized spacial score (nSPS) is 10.3. The molecule has 0 fully saturated rings. The lowest BCUT2D eigenvalue weighted by Crippen LogP contribution is -2.25. The van der Waals surface area contributed by atoms with Crippen molar-refractivity contribution in [3.63, 3.8) is 0 Å². The molecule has 4 N–H and O–H groups in total. The molecule has 0 unspecified atom stereocenters. The van der Waals surface area contributed by atoms with Gasteiger partial charge in [0.2, 0.25) is 0 Å². The maximum absolute atomic E-state index is 13.4. The number of benzene rings is 8. The van der Waals surface area contributed by atoms with Crippen molar-refractivity contribution in [1.29, 1.82) is 0 Å². The van der Waals surface area contributed by atoms with Crippen molar-refractivity contribution in [3.05, 3.63) is 261 Å². The monoisotopic (exact) mass is 997 g/mol. The molecule has 0 aliphatic carbocycles. The molecule has 0 radical (unpaired) electrons. The Bertz CT molecular complexity index is 3000. The molecule has 0 saturated carbocycles. The number of carbonyl (C=O) groups is 6. The van der Waals surface area contributed by atoms with Gasteiger partial charge >= 0.3 is 11.9 Å². The fourth-order valence-electron chi connectivity index (χ4n) is 7.69. The molecule has 384 valence electrons. The Labute approximate surface area is 438 Å². The van der Waals surface area contributed by atoms with Gasteiger partial charge in [-0.2, -0.15) is 0 Å². The van der Waals surface area contributed by atoms with Gasteiger partial charge in [-0.3, -0.25) is 19.2 Å². The minimum atomic E-state index is -0.586. The molecule has 0 saturated heterocycles. The van der Waals surface area contributed by atoms with E-state index >= 15 is 0 Å². The van der Waals surface area contributed by atoms with Crippen molar-refractivity contribution < 1.29 is 43.9 Å². The van der Waals surface area contributed by atoms with Crippen molar-refractivity contribution in [2.24, 2.45) is 0 Å². The summed E-state index contributed by atoms with van der Waals surface area (Å²) in [4.78, 5) is 78.3. The zero-order chi connectivity index (χ0) is 52.7. The van der Waals surface area contributed by atoms with E-state index in [-0.39, 0.29) is 55.6 Å². The summed E-state index contributed by atoms with van der Waals surface area (Å²) in [5, 5.41) is 13.1. The lowest BCUT2D eigenvalue weighted by atomic mass is 10.0. The van der Waals surface area contributed by atoms with Gasteiger partial charge in [0.05, 0.1) is 11.1 Å². The first-order chi connectivity index (χ1) is 36.2. The second-order valence-electron chi connectivity index (χ2n) is 16.3. The molecule has 12 heteroatoms. The topological polar surface area (TPSA) is 169 Å². The third-order valence-corrected chi connectivity index (χ3v) is 11.4. The number of fused-ring (bicyclic) bond motifs is 1. The minimum absolute atomic E-state index is 0. The van der Waals surface area contributed by atoms with Crippen LogP contribution in [-0.2, 0) is 48.9 Å². The fraction of sp³-hybridized carbons (Fsp3) is 0.161. The van der Waals surface area contributed by atoms with E-state index in [2.05, 4.69) is 21.3 Å². The molecule has 0 aliphatic rings. The van der Waals surface area contributed by atoms with Gasteiger partial charge in [0.15, 0.2) is 0 Å². The van der Waals surface area contributed by atoms with Crippen LogP contribution < -0.4 is 21.3 Å². The number of amides is 4. The Morgan fingerprint density at radius 1 is 0.338 bits per heavy atom. The van der Waals surface area contributed by atoms with Crippen LogP contribution in [0, 0.1) is 0 Å². The van der Waals surface area contributed by atoms with E-state index in [0.717, 1.165) is 22.3 Å². The van der Waals surface area contributed by atoms with Crippen LogP contribution in [0.5, 0.6) is 0 Å². The zero-order valence-corrected chi connectivity index (χ0v) is 42.0. The highest BCUT2D eigenvalue weighted by Crippen LogP contribution is 2.22. The van der Waals surface area contributed by atoms with E-state index in [1.807, 2.05) is 113 Å². The van der Waals surface area contributed by atoms with E-state index < -0.39 is 11.9 Å². The standard InChI is InChI=1S/C58H48N4O8.2C2H6.4H2/c63-53(43-17-3-1-4-18-43)59-33-39-13-11-15-41(29-39)35-61-55(65)51-23-9-7-21-49(51)37-69-57(67)47-27-25-46-32-48(28-26-45(46)31-47)58(68)70-38-50-22-8-10-24-52(50)56(66)62-36-42-16-12-14-40(30-42)34-60-54(64)44-19-5-2-6-20-44;2*1-2;;;;/h1-32H,33-38H2,(H,59,63)(H,60,64)(H,61,65)(H,62,66);2*1-2H3;4*1H. The number of ether oxygens (including phenoxy) is 2. The Kier molecular flexibility index (Phi) is 20.5. The summed E-state index contributed by atoms with van der Waals surface area (Å²) in [6.07, 6.45) is 0. The van der Waals surface area contributed by atoms with Crippen molar-refractivity contribution in [2.45, 2.75) is 67.1 Å². The summed E-state index contributed by atoms with van der Waals surface area (Å²) < 4.78 is 11.4. The van der Waals surface area contributed by atoms with E-state index in [4.69, 9.17) is 9.47 Å². The third-order valence-electron chi connectivity index (χ3n) is 11.4. The predicted molar refractivity (Wildman–Crippen MR) is 297 cm³/mol. The van der Waals surface area contributed by atoms with Crippen molar-refractivity contribution >= 4 is 46.3 Å². The van der Waals surface area contributed by atoms with Crippen LogP contribution in [0.1, 0.15) is 129 Å². The quantitative estimate of drug-likeness (QED) is 0.0616. The highest BCUT2D eigenvalue weighted by atomic mass is 16.5. The molecular formula is C62H68N4O8. The lowest BCUT2D eigenvalue weighted by Gasteiger charge is -2.12. The summed E-state index contributed by atoms with van der Waals surface area (Å²) in [6, 6.07) is 56.9. The molecule has 8 rings (SSSR count). The van der Waals surface area contributed by atoms with Gasteiger partial charge in [-0.1, -0.05) is 161 Å². The van der Waals surface area contributed by atoms with E-state index in [1.54, 1.807) is 109 Å². The first kappa shape index (κ1) is 54.2. The molecule has 0 bridgehead atoms. The minimum Gasteiger partial charge on any atom is -0.457 e. The Hall–Kier alpha value is -9.16. The van der Waals surface area contributed by atoms with Crippen molar-refractivity contribution in [3.8, 4) is 0 Å². The number of hydrogen-bond donors (Lipinski definition) is 4. The van der Waals surface area contributed by atoms with Crippen LogP contribution >= 0.6 is 0 Å². The summed E-state index contributed by atoms with van der Waals surface area (Å²) >= 11 is 0. The fourth-order valence-corrected chi connectivity index (χ4v) is 7.69. The van der Waals surface area contributed by atoms with Crippen LogP contribution in [0.15, 0.2) is 194 Å². The number of nitrogens with one attached hydrogen (secondary N) is 4. The number of carbonyl (C=O) groups excluding carboxylic acids is 6. The van der Waals surface area contributed by atoms with Gasteiger partial charge < -0.3 is 30.7 Å². The van der Waals surface area contributed by atoms with Gasteiger partial charge in [-0.15, -0.1) is 0 Å². The molecular weight excluding hydrogens is 929 g/mol. The molecule has 0 aromatic heterocycles. The SMILES string of the molecule is CC.CC.O=C(NCc1cccc(CNC(=O)c2ccccc2COC(=O)c2ccc3cc(C(=O)OCc4ccccc4C(=O)NCc4cccc(CNC(=O)c5ccccc5)c4)ccc3c2)c1)c1ccccc1.[HH].[HH].[HH].[HH]. The molecule has 74 heavy (non-hydrogen) atoms. The molecule has 12 nitrogen and oxygen atoms in total. The van der Waals surface area contributed by atoms with Gasteiger partial charge in [0.1, 0.15) is 13.2 Å². The molecule has 8 aromatic carbocycles. The number of rotatable bonds is 18. The second-order valence-corrected chi connectivity index (χ2v) is 16.3. The van der Waals surface area contributed by atoms with Crippen LogP contribution in [0.4, 0.5) is 0 Å². The summed E-state index contributed by atoms with van der Waals surface area (Å²) in [7, 11) is 0. The second kappa shape index (κ2) is 28.0. The first-order valence-corrected chi connectivity index (χ1v) is 24.6. The highest BCUT2D eigenvalue weighted by Gasteiger charge is 2.17. The van der Waals surface area contributed by atoms with Crippen LogP contribution in [0.3, 0.4) is 0 Å².